The van der Waals surface area contributed by atoms with Gasteiger partial charge in [-0.3, -0.25) is 0 Å². The van der Waals surface area contributed by atoms with Crippen LogP contribution in [-0.2, 0) is 11.5 Å². The molecule has 0 bridgehead atoms. The number of hydrogen-bond acceptors (Lipinski definition) is 0. The van der Waals surface area contributed by atoms with E-state index in [4.69, 9.17) is 38.1 Å². The van der Waals surface area contributed by atoms with Crippen LogP contribution >= 0.6 is 38.1 Å². The summed E-state index contributed by atoms with van der Waals surface area (Å²) in [6.45, 7) is 0. The van der Waals surface area contributed by atoms with Gasteiger partial charge in [-0.25, -0.2) is 0 Å². The predicted molar refractivity (Wildman–Crippen MR) is 34.3 cm³/mol. The average Bonchev–Trinajstić information content (AvgIpc) is 0.722. The summed E-state index contributed by atoms with van der Waals surface area (Å²) in [6, 6.07) is 0. The summed E-state index contributed by atoms with van der Waals surface area (Å²) in [5.41, 5.74) is 0. The molecule has 0 saturated carbocycles. The average molecular weight is 325 g/mol. The second-order valence-electron chi connectivity index (χ2n) is 0.271. The molecule has 0 spiro atoms. The van der Waals surface area contributed by atoms with Gasteiger partial charge >= 0.3 is 79.1 Å². The Labute approximate surface area is 94.1 Å². The van der Waals surface area contributed by atoms with Crippen LogP contribution < -0.4 is 29.6 Å². The molecule has 0 radical (unpaired) electrons. The van der Waals surface area contributed by atoms with Crippen molar-refractivity contribution in [3.05, 3.63) is 0 Å². The van der Waals surface area contributed by atoms with E-state index in [1.807, 2.05) is 0 Å². The largest absolute Gasteiger partial charge is 1.00 e. The van der Waals surface area contributed by atoms with Gasteiger partial charge in [0.25, 0.3) is 0 Å². The second kappa shape index (κ2) is 13.3. The van der Waals surface area contributed by atoms with Gasteiger partial charge in [-0.2, -0.15) is 0 Å². The topological polar surface area (TPSA) is 94.5 Å². The van der Waals surface area contributed by atoms with Crippen molar-refractivity contribution in [1.82, 2.24) is 0 Å². The normalized spacial score (nSPS) is 8.44. The van der Waals surface area contributed by atoms with E-state index in [-0.39, 0.29) is 46.0 Å². The third-order valence-electron chi connectivity index (χ3n) is 0. The fraction of sp³-hybridized carbons (Fsp3) is 0. The van der Waals surface area contributed by atoms with E-state index in [2.05, 4.69) is 0 Å². The maximum Gasteiger partial charge on any atom is 1.00 e. The van der Waals surface area contributed by atoms with E-state index in [9.17, 15) is 0 Å². The van der Waals surface area contributed by atoms with Gasteiger partial charge in [0.1, 0.15) is 0 Å². The molecule has 0 aliphatic rings. The quantitative estimate of drug-likeness (QED) is 0.433. The molecule has 0 aromatic rings. The third kappa shape index (κ3) is 111. The van der Waals surface area contributed by atoms with Crippen LogP contribution in [0.3, 0.4) is 0 Å². The molecule has 0 rings (SSSR count). The molecule has 9 heteroatoms. The maximum absolute atomic E-state index is 4.98. The molecule has 0 unspecified atom stereocenters. The van der Waals surface area contributed by atoms with Crippen molar-refractivity contribution in [3.8, 4) is 0 Å². The van der Waals surface area contributed by atoms with Crippen molar-refractivity contribution < 1.29 is 57.4 Å². The van der Waals surface area contributed by atoms with E-state index < -0.39 is 11.5 Å². The van der Waals surface area contributed by atoms with Gasteiger partial charge in [0.2, 0.25) is 0 Å². The summed E-state index contributed by atoms with van der Waals surface area (Å²) in [5, 5.41) is 0. The van der Waals surface area contributed by atoms with Crippen molar-refractivity contribution >= 4 is 38.1 Å². The van der Waals surface area contributed by atoms with Gasteiger partial charge in [0.05, 0.1) is 0 Å². The Morgan fingerprint density at radius 2 is 0.667 bits per heavy atom. The number of rotatable bonds is 0. The Morgan fingerprint density at radius 3 is 0.667 bits per heavy atom. The van der Waals surface area contributed by atoms with Crippen molar-refractivity contribution in [3.63, 3.8) is 0 Å². The zero-order valence-electron chi connectivity index (χ0n) is 4.33. The first kappa shape index (κ1) is 29.8. The van der Waals surface area contributed by atoms with Crippen LogP contribution in [0.4, 0.5) is 0 Å². The number of hydrogen-bond donors (Lipinski definition) is 0. The monoisotopic (exact) mass is 323 g/mol. The number of halogens is 4. The Morgan fingerprint density at radius 1 is 0.667 bits per heavy atom. The Hall–Kier alpha value is 2.70. The van der Waals surface area contributed by atoms with Gasteiger partial charge in [-0.1, -0.05) is 0 Å². The Kier molecular flexibility index (Phi) is 44.1. The van der Waals surface area contributed by atoms with E-state index >= 15 is 0 Å². The zero-order chi connectivity index (χ0) is 4.50. The molecule has 0 atom stereocenters. The predicted octanol–water partition coefficient (Wildman–Crippen LogP) is -2.71. The molecule has 3 nitrogen and oxygen atoms in total. The van der Waals surface area contributed by atoms with Crippen molar-refractivity contribution in [2.24, 2.45) is 0 Å². The molecular weight excluding hydrogens is 319 g/mol. The molecule has 9 heavy (non-hydrogen) atoms. The molecule has 0 aromatic carbocycles. The molecular formula is H6Cl4NaO3Pd. The van der Waals surface area contributed by atoms with Gasteiger partial charge in [0.15, 0.2) is 0 Å². The van der Waals surface area contributed by atoms with E-state index in [1.54, 1.807) is 0 Å². The van der Waals surface area contributed by atoms with Gasteiger partial charge in [0, 0.05) is 0 Å². The fourth-order valence-corrected chi connectivity index (χ4v) is 0. The van der Waals surface area contributed by atoms with Crippen LogP contribution in [0.15, 0.2) is 0 Å². The summed E-state index contributed by atoms with van der Waals surface area (Å²) in [7, 11) is 19.9. The molecule has 0 amide bonds. The van der Waals surface area contributed by atoms with Gasteiger partial charge < -0.3 is 16.4 Å². The standard InChI is InChI=1S/4ClH.Na.3H2O.Pd/h4*1H;;3*1H2;/q;;;;+1;;;;+3/p-4. The first-order valence-electron chi connectivity index (χ1n) is 0.478. The first-order valence-corrected chi connectivity index (χ1v) is 8.49. The van der Waals surface area contributed by atoms with Gasteiger partial charge in [-0.15, -0.1) is 0 Å². The zero-order valence-corrected chi connectivity index (χ0v) is 10.9. The minimum Gasteiger partial charge on any atom is 1.00 e. The first-order chi connectivity index (χ1) is 2.00. The van der Waals surface area contributed by atoms with Crippen molar-refractivity contribution in [2.75, 3.05) is 0 Å². The fourth-order valence-electron chi connectivity index (χ4n) is 0. The van der Waals surface area contributed by atoms with Crippen molar-refractivity contribution in [1.29, 1.82) is 0 Å². The molecule has 0 fully saturated rings. The SMILES string of the molecule is O.O.O.[Cl][Pd-]([Cl])([Cl])[Cl].[Na+]. The van der Waals surface area contributed by atoms with E-state index in [0.29, 0.717) is 0 Å². The summed E-state index contributed by atoms with van der Waals surface area (Å²) >= 11 is -2.81. The Balaban J connectivity index is -0.0000000133. The molecule has 6 N–H and O–H groups in total. The minimum atomic E-state index is -2.81. The minimum absolute atomic E-state index is 0. The van der Waals surface area contributed by atoms with Gasteiger partial charge in [-0.05, 0) is 0 Å². The Bertz CT molecular complexity index is 31.3. The summed E-state index contributed by atoms with van der Waals surface area (Å²) < 4.78 is 0. The third-order valence-corrected chi connectivity index (χ3v) is 0. The van der Waals surface area contributed by atoms with Crippen LogP contribution in [0.1, 0.15) is 0 Å². The van der Waals surface area contributed by atoms with Crippen LogP contribution in [0.5, 0.6) is 0 Å². The molecule has 0 aliphatic carbocycles. The van der Waals surface area contributed by atoms with E-state index in [1.165, 1.54) is 0 Å². The summed E-state index contributed by atoms with van der Waals surface area (Å²) in [6.07, 6.45) is 0. The molecule has 0 heterocycles. The summed E-state index contributed by atoms with van der Waals surface area (Å²) in [4.78, 5) is 0. The molecule has 0 saturated heterocycles. The maximum atomic E-state index is 4.98. The molecule has 0 aliphatic heterocycles. The smallest absolute Gasteiger partial charge is 1.00 e. The second-order valence-corrected chi connectivity index (χ2v) is 14.4. The van der Waals surface area contributed by atoms with E-state index in [0.717, 1.165) is 0 Å². The van der Waals surface area contributed by atoms with Crippen molar-refractivity contribution in [2.45, 2.75) is 0 Å². The van der Waals surface area contributed by atoms with Crippen LogP contribution in [0.2, 0.25) is 0 Å². The van der Waals surface area contributed by atoms with Crippen LogP contribution in [0, 0.1) is 0 Å². The molecule has 63 valence electrons. The van der Waals surface area contributed by atoms with Crippen LogP contribution in [0.25, 0.3) is 0 Å². The van der Waals surface area contributed by atoms with Crippen LogP contribution in [-0.4, -0.2) is 16.4 Å². The summed E-state index contributed by atoms with van der Waals surface area (Å²) in [5.74, 6) is 0. The molecule has 0 aromatic heterocycles.